The molecule has 3 heteroatoms. The Morgan fingerprint density at radius 1 is 1.25 bits per heavy atom. The van der Waals surface area contributed by atoms with Crippen LogP contribution in [0.25, 0.3) is 0 Å². The maximum atomic E-state index is 5.72. The van der Waals surface area contributed by atoms with Gasteiger partial charge in [-0.25, -0.2) is 0 Å². The Hall–Kier alpha value is -0.450. The van der Waals surface area contributed by atoms with Crippen LogP contribution in [-0.4, -0.2) is 6.04 Å². The van der Waals surface area contributed by atoms with Crippen LogP contribution in [-0.2, 0) is 0 Å². The first kappa shape index (κ1) is 13.6. The first-order valence-corrected chi connectivity index (χ1v) is 6.88. The highest BCUT2D eigenvalue weighted by molar-refractivity contribution is 14.1. The molecule has 2 nitrogen and oxygen atoms in total. The van der Waals surface area contributed by atoms with Crippen molar-refractivity contribution in [3.63, 3.8) is 0 Å². The molecule has 0 saturated carbocycles. The van der Waals surface area contributed by atoms with Gasteiger partial charge in [0.1, 0.15) is 0 Å². The third-order valence-corrected chi connectivity index (χ3v) is 3.46. The Balaban J connectivity index is 2.52. The van der Waals surface area contributed by atoms with E-state index >= 15 is 0 Å². The Labute approximate surface area is 112 Å². The van der Waals surface area contributed by atoms with Crippen LogP contribution in [0.3, 0.4) is 0 Å². The van der Waals surface area contributed by atoms with Crippen LogP contribution in [0.5, 0.6) is 0 Å². The molecule has 1 aromatic carbocycles. The van der Waals surface area contributed by atoms with Crippen LogP contribution in [0, 0.1) is 9.49 Å². The lowest BCUT2D eigenvalue weighted by Gasteiger charge is -2.17. The van der Waals surface area contributed by atoms with E-state index in [0.29, 0.717) is 6.04 Å². The second kappa shape index (κ2) is 6.33. The van der Waals surface area contributed by atoms with Gasteiger partial charge in [0.25, 0.3) is 0 Å². The lowest BCUT2D eigenvalue weighted by Crippen LogP contribution is -2.16. The number of nitrogen functional groups attached to an aromatic ring is 1. The van der Waals surface area contributed by atoms with Crippen LogP contribution in [0.2, 0.25) is 0 Å². The van der Waals surface area contributed by atoms with E-state index in [0.717, 1.165) is 11.6 Å². The van der Waals surface area contributed by atoms with Gasteiger partial charge in [-0.05, 0) is 66.5 Å². The van der Waals surface area contributed by atoms with Gasteiger partial charge in [0, 0.05) is 21.0 Å². The smallest absolute Gasteiger partial charge is 0.0479 e. The zero-order valence-corrected chi connectivity index (χ0v) is 12.4. The fraction of sp³-hybridized carbons (Fsp3) is 0.538. The molecule has 0 amide bonds. The molecule has 0 saturated heterocycles. The second-order valence-corrected chi connectivity index (χ2v) is 5.92. The number of rotatable bonds is 5. The Morgan fingerprint density at radius 2 is 1.94 bits per heavy atom. The maximum absolute atomic E-state index is 5.72. The van der Waals surface area contributed by atoms with Crippen LogP contribution in [0.1, 0.15) is 33.6 Å². The summed E-state index contributed by atoms with van der Waals surface area (Å²) in [5, 5.41) is 3.53. The normalized spacial score (nSPS) is 12.8. The van der Waals surface area contributed by atoms with Crippen molar-refractivity contribution in [2.45, 2.75) is 39.7 Å². The molecule has 3 N–H and O–H groups in total. The van der Waals surface area contributed by atoms with Crippen molar-refractivity contribution in [3.8, 4) is 0 Å². The average Bonchev–Trinajstić information content (AvgIpc) is 2.19. The summed E-state index contributed by atoms with van der Waals surface area (Å²) >= 11 is 2.32. The Bertz CT molecular complexity index is 337. The van der Waals surface area contributed by atoms with Crippen molar-refractivity contribution >= 4 is 34.0 Å². The van der Waals surface area contributed by atoms with Crippen molar-refractivity contribution in [2.24, 2.45) is 5.92 Å². The molecule has 0 aliphatic rings. The number of nitrogens with two attached hydrogens (primary N) is 1. The third-order valence-electron chi connectivity index (χ3n) is 2.57. The molecule has 0 spiro atoms. The van der Waals surface area contributed by atoms with Gasteiger partial charge in [0.15, 0.2) is 0 Å². The molecule has 16 heavy (non-hydrogen) atoms. The van der Waals surface area contributed by atoms with Crippen LogP contribution in [0.15, 0.2) is 18.2 Å². The minimum absolute atomic E-state index is 0.513. The van der Waals surface area contributed by atoms with Crippen LogP contribution < -0.4 is 11.1 Å². The number of nitrogens with one attached hydrogen (secondary N) is 1. The summed E-state index contributed by atoms with van der Waals surface area (Å²) < 4.78 is 1.19. The SMILES string of the molecule is CC(C)CCC(C)Nc1ccc(N)cc1I. The molecular weight excluding hydrogens is 311 g/mol. The van der Waals surface area contributed by atoms with Crippen molar-refractivity contribution in [3.05, 3.63) is 21.8 Å². The summed E-state index contributed by atoms with van der Waals surface area (Å²) in [5.74, 6) is 0.773. The summed E-state index contributed by atoms with van der Waals surface area (Å²) in [7, 11) is 0. The highest BCUT2D eigenvalue weighted by Gasteiger charge is 2.06. The topological polar surface area (TPSA) is 38.0 Å². The highest BCUT2D eigenvalue weighted by Crippen LogP contribution is 2.22. The maximum Gasteiger partial charge on any atom is 0.0479 e. The van der Waals surface area contributed by atoms with E-state index in [-0.39, 0.29) is 0 Å². The molecule has 1 aromatic rings. The summed E-state index contributed by atoms with van der Waals surface area (Å²) in [6.45, 7) is 6.76. The average molecular weight is 332 g/mol. The van der Waals surface area contributed by atoms with Gasteiger partial charge in [-0.1, -0.05) is 13.8 Å². The fourth-order valence-electron chi connectivity index (χ4n) is 1.57. The lowest BCUT2D eigenvalue weighted by molar-refractivity contribution is 0.527. The molecule has 0 aliphatic heterocycles. The van der Waals surface area contributed by atoms with E-state index in [4.69, 9.17) is 5.73 Å². The number of hydrogen-bond donors (Lipinski definition) is 2. The number of benzene rings is 1. The monoisotopic (exact) mass is 332 g/mol. The van der Waals surface area contributed by atoms with Crippen molar-refractivity contribution in [1.29, 1.82) is 0 Å². The third kappa shape index (κ3) is 4.60. The second-order valence-electron chi connectivity index (χ2n) is 4.76. The van der Waals surface area contributed by atoms with Gasteiger partial charge in [0.2, 0.25) is 0 Å². The molecule has 0 aromatic heterocycles. The van der Waals surface area contributed by atoms with E-state index in [9.17, 15) is 0 Å². The van der Waals surface area contributed by atoms with Crippen LogP contribution in [0.4, 0.5) is 11.4 Å². The molecule has 1 atom stereocenters. The first-order valence-electron chi connectivity index (χ1n) is 5.80. The van der Waals surface area contributed by atoms with Gasteiger partial charge < -0.3 is 11.1 Å². The molecule has 0 fully saturated rings. The molecule has 90 valence electrons. The number of halogens is 1. The lowest BCUT2D eigenvalue weighted by atomic mass is 10.0. The molecule has 0 aliphatic carbocycles. The molecular formula is C13H21IN2. The van der Waals surface area contributed by atoms with E-state index in [1.54, 1.807) is 0 Å². The van der Waals surface area contributed by atoms with Crippen molar-refractivity contribution in [1.82, 2.24) is 0 Å². The highest BCUT2D eigenvalue weighted by atomic mass is 127. The largest absolute Gasteiger partial charge is 0.399 e. The Morgan fingerprint density at radius 3 is 2.50 bits per heavy atom. The van der Waals surface area contributed by atoms with Gasteiger partial charge >= 0.3 is 0 Å². The molecule has 0 heterocycles. The predicted octanol–water partition coefficient (Wildman–Crippen LogP) is 4.11. The summed E-state index contributed by atoms with van der Waals surface area (Å²) in [6.07, 6.45) is 2.47. The summed E-state index contributed by atoms with van der Waals surface area (Å²) in [4.78, 5) is 0. The van der Waals surface area contributed by atoms with E-state index in [2.05, 4.69) is 54.7 Å². The number of anilines is 2. The molecule has 0 bridgehead atoms. The molecule has 1 unspecified atom stereocenters. The molecule has 1 rings (SSSR count). The van der Waals surface area contributed by atoms with E-state index in [1.807, 2.05) is 12.1 Å². The zero-order valence-electron chi connectivity index (χ0n) is 10.3. The fourth-order valence-corrected chi connectivity index (χ4v) is 2.26. The predicted molar refractivity (Wildman–Crippen MR) is 80.7 cm³/mol. The first-order chi connectivity index (χ1) is 7.49. The zero-order chi connectivity index (χ0) is 12.1. The van der Waals surface area contributed by atoms with Crippen molar-refractivity contribution < 1.29 is 0 Å². The summed E-state index contributed by atoms with van der Waals surface area (Å²) in [5.41, 5.74) is 7.73. The van der Waals surface area contributed by atoms with E-state index < -0.39 is 0 Å². The van der Waals surface area contributed by atoms with E-state index in [1.165, 1.54) is 22.1 Å². The standard InChI is InChI=1S/C13H21IN2/c1-9(2)4-5-10(3)16-13-7-6-11(15)8-12(13)14/h6-10,16H,4-5,15H2,1-3H3. The van der Waals surface area contributed by atoms with Crippen molar-refractivity contribution in [2.75, 3.05) is 11.1 Å². The summed E-state index contributed by atoms with van der Waals surface area (Å²) in [6, 6.07) is 6.51. The van der Waals surface area contributed by atoms with Gasteiger partial charge in [0.05, 0.1) is 0 Å². The number of hydrogen-bond acceptors (Lipinski definition) is 2. The van der Waals surface area contributed by atoms with Crippen LogP contribution >= 0.6 is 22.6 Å². The Kier molecular flexibility index (Phi) is 5.38. The molecule has 0 radical (unpaired) electrons. The minimum Gasteiger partial charge on any atom is -0.399 e. The minimum atomic E-state index is 0.513. The quantitative estimate of drug-likeness (QED) is 0.629. The van der Waals surface area contributed by atoms with Gasteiger partial charge in [-0.3, -0.25) is 0 Å². The van der Waals surface area contributed by atoms with Gasteiger partial charge in [-0.2, -0.15) is 0 Å². The van der Waals surface area contributed by atoms with Gasteiger partial charge in [-0.15, -0.1) is 0 Å².